The van der Waals surface area contributed by atoms with Gasteiger partial charge >= 0.3 is 228 Å². The minimum absolute atomic E-state index is 0.0486. The number of likely N-dealkylation sites (tertiary alicyclic amines) is 1. The number of alkyl carbamates (subject to hydrolysis) is 1. The summed E-state index contributed by atoms with van der Waals surface area (Å²) in [7, 11) is -3.91. The zero-order chi connectivity index (χ0) is 41.6. The van der Waals surface area contributed by atoms with Gasteiger partial charge in [0.2, 0.25) is 0 Å². The average Bonchev–Trinajstić information content (AvgIpc) is 4.11. The predicted octanol–water partition coefficient (Wildman–Crippen LogP) is -0.0298. The molecule has 318 valence electrons. The van der Waals surface area contributed by atoms with Gasteiger partial charge in [-0.1, -0.05) is 25.0 Å². The van der Waals surface area contributed by atoms with Crippen LogP contribution in [0.2, 0.25) is 0 Å². The minimum atomic E-state index is -3.91. The van der Waals surface area contributed by atoms with E-state index in [1.54, 1.807) is 13.0 Å². The molecule has 5 N–H and O–H groups in total. The number of nitrogens with zero attached hydrogens (tertiary/aromatic N) is 1. The summed E-state index contributed by atoms with van der Waals surface area (Å²) in [6, 6.07) is 5.82. The Hall–Kier alpha value is -3.71. The Bertz CT molecular complexity index is 2130. The fraction of sp³-hybridized carbons (Fsp3) is 0.634. The second-order valence-electron chi connectivity index (χ2n) is 17.7. The van der Waals surface area contributed by atoms with E-state index in [0.717, 1.165) is 56.1 Å². The van der Waals surface area contributed by atoms with E-state index in [1.807, 2.05) is 45.0 Å². The van der Waals surface area contributed by atoms with Crippen molar-refractivity contribution in [3.63, 3.8) is 0 Å². The number of benzene rings is 1. The molecule has 3 aliphatic heterocycles. The van der Waals surface area contributed by atoms with Crippen molar-refractivity contribution in [2.75, 3.05) is 19.6 Å². The number of halogens is 1. The van der Waals surface area contributed by atoms with Crippen LogP contribution in [0.4, 0.5) is 4.79 Å². The van der Waals surface area contributed by atoms with Gasteiger partial charge in [0.15, 0.2) is 0 Å². The van der Waals surface area contributed by atoms with Crippen LogP contribution < -0.4 is 52.2 Å². The number of rotatable bonds is 17. The number of hydrogen-bond acceptors (Lipinski definition) is 10. The molecule has 6 atom stereocenters. The van der Waals surface area contributed by atoms with Gasteiger partial charge in [0.1, 0.15) is 11.9 Å². The van der Waals surface area contributed by atoms with Gasteiger partial charge in [-0.3, -0.25) is 4.79 Å². The Morgan fingerprint density at radius 1 is 1.12 bits per heavy atom. The van der Waals surface area contributed by atoms with Crippen LogP contribution in [-0.4, -0.2) is 98.3 Å². The molecule has 4 heterocycles. The predicted molar refractivity (Wildman–Crippen MR) is 213 cm³/mol. The van der Waals surface area contributed by atoms with Crippen LogP contribution in [-0.2, 0) is 35.6 Å². The summed E-state index contributed by atoms with van der Waals surface area (Å²) in [5.74, 6) is -0.815. The van der Waals surface area contributed by atoms with Crippen LogP contribution in [0.1, 0.15) is 91.0 Å². The number of H-pyrrole nitrogens is 1. The van der Waals surface area contributed by atoms with Crippen molar-refractivity contribution in [3.8, 4) is 5.75 Å². The van der Waals surface area contributed by atoms with Gasteiger partial charge in [0.25, 0.3) is 5.56 Å². The number of fused-ring (bicyclic) bond motifs is 1. The molecule has 2 aromatic rings. The van der Waals surface area contributed by atoms with Crippen molar-refractivity contribution in [2.45, 2.75) is 128 Å². The van der Waals surface area contributed by atoms with Crippen LogP contribution in [0.3, 0.4) is 0 Å². The van der Waals surface area contributed by atoms with Crippen LogP contribution in [0.25, 0.3) is 10.9 Å². The molecule has 0 bridgehead atoms. The Labute approximate surface area is 349 Å². The summed E-state index contributed by atoms with van der Waals surface area (Å²) in [5, 5.41) is 9.75. The number of aromatic nitrogens is 1. The summed E-state index contributed by atoms with van der Waals surface area (Å²) >= 11 is -0.969. The molecule has 1 unspecified atom stereocenters. The number of pyridine rings is 1. The first-order valence-electron chi connectivity index (χ1n) is 20.4. The zero-order valence-corrected chi connectivity index (χ0v) is 36.6. The number of ether oxygens (including phenoxy) is 2. The first-order chi connectivity index (χ1) is 27.5. The molecule has 4 amide bonds. The molecule has 5 aliphatic rings. The number of nitrogens with one attached hydrogen (secondary N) is 5. The van der Waals surface area contributed by atoms with E-state index in [-0.39, 0.29) is 27.6 Å². The monoisotopic (exact) mass is 935 g/mol. The number of carbonyl (C=O) groups is 4. The molecule has 2 saturated carbocycles. The second-order valence-corrected chi connectivity index (χ2v) is 23.6. The van der Waals surface area contributed by atoms with E-state index in [4.69, 9.17) is 9.47 Å². The summed E-state index contributed by atoms with van der Waals surface area (Å²) in [4.78, 5) is 72.0. The molecule has 1 aromatic carbocycles. The number of carbonyl (C=O) groups excluding carboxylic acids is 4. The van der Waals surface area contributed by atoms with Gasteiger partial charge in [-0.15, -0.1) is 0 Å². The first-order valence-corrected chi connectivity index (χ1v) is 24.2. The van der Waals surface area contributed by atoms with E-state index in [9.17, 15) is 32.4 Å². The Kier molecular flexibility index (Phi) is 12.0. The maximum atomic E-state index is 14.1. The molecular weight excluding hydrogens is 879 g/mol. The van der Waals surface area contributed by atoms with E-state index < -0.39 is 80.8 Å². The molecule has 15 nitrogen and oxygen atoms in total. The maximum absolute atomic E-state index is 14.1. The fourth-order valence-corrected chi connectivity index (χ4v) is 11.9. The van der Waals surface area contributed by atoms with Crippen LogP contribution in [0.5, 0.6) is 5.75 Å². The van der Waals surface area contributed by atoms with Gasteiger partial charge in [0, 0.05) is 18.5 Å². The SMILES string of the molecule is C=C[C@@H]1[I-][C@]1(NC(=O)[C@@H]1CCCN1C(=O)[C@@H](NC(=O)OC1C[C@H]1CCCCCc1c(OC2CNC2)c2ccccc2[nH]c1=O)C(C)(C)C)C(=O)NS(=O)(=O)C1(C)CC1. The molecule has 2 aliphatic carbocycles. The number of unbranched alkanes of at least 4 members (excludes halogenated alkanes) is 2. The molecule has 5 fully saturated rings. The van der Waals surface area contributed by atoms with Crippen molar-refractivity contribution in [2.24, 2.45) is 11.3 Å². The first kappa shape index (κ1) is 42.4. The Balaban J connectivity index is 0.888. The Morgan fingerprint density at radius 3 is 2.52 bits per heavy atom. The summed E-state index contributed by atoms with van der Waals surface area (Å²) in [5.41, 5.74) is 0.591. The third-order valence-corrected chi connectivity index (χ3v) is 18.1. The molecule has 1 aromatic heterocycles. The summed E-state index contributed by atoms with van der Waals surface area (Å²) in [6.07, 6.45) is 7.33. The number of hydrogen-bond donors (Lipinski definition) is 5. The van der Waals surface area contributed by atoms with E-state index in [0.29, 0.717) is 50.0 Å². The quantitative estimate of drug-likeness (QED) is 0.0472. The van der Waals surface area contributed by atoms with Crippen molar-refractivity contribution in [3.05, 3.63) is 52.8 Å². The fourth-order valence-electron chi connectivity index (χ4n) is 7.80. The third-order valence-electron chi connectivity index (χ3n) is 12.1. The number of para-hydroxylation sites is 1. The molecule has 7 rings (SSSR count). The third kappa shape index (κ3) is 8.90. The number of alkyl halides is 2. The summed E-state index contributed by atoms with van der Waals surface area (Å²) < 4.78 is 37.3. The van der Waals surface area contributed by atoms with Crippen LogP contribution >= 0.6 is 0 Å². The molecule has 0 radical (unpaired) electrons. The van der Waals surface area contributed by atoms with Gasteiger partial charge in [0.05, 0.1) is 11.1 Å². The van der Waals surface area contributed by atoms with Gasteiger partial charge < -0.3 is 15.0 Å². The topological polar surface area (TPSA) is 205 Å². The van der Waals surface area contributed by atoms with Gasteiger partial charge in [-0.2, -0.15) is 0 Å². The molecule has 58 heavy (non-hydrogen) atoms. The van der Waals surface area contributed by atoms with E-state index >= 15 is 0 Å². The molecule has 17 heteroatoms. The molecule has 0 spiro atoms. The van der Waals surface area contributed by atoms with Gasteiger partial charge in [-0.25, -0.2) is 0 Å². The second kappa shape index (κ2) is 16.4. The van der Waals surface area contributed by atoms with E-state index in [2.05, 4.69) is 32.2 Å². The summed E-state index contributed by atoms with van der Waals surface area (Å²) in [6.45, 7) is 12.7. The van der Waals surface area contributed by atoms with Gasteiger partial charge in [-0.05, 0) is 31.4 Å². The zero-order valence-electron chi connectivity index (χ0n) is 33.7. The number of amides is 4. The normalized spacial score (nSPS) is 26.7. The van der Waals surface area contributed by atoms with Crippen molar-refractivity contribution in [1.82, 2.24) is 30.6 Å². The van der Waals surface area contributed by atoms with E-state index in [1.165, 1.54) is 4.90 Å². The van der Waals surface area contributed by atoms with Crippen molar-refractivity contribution >= 4 is 44.7 Å². The molecular formula is C41H56IN6O9S-. The molecule has 3 saturated heterocycles. The number of sulfonamides is 1. The van der Waals surface area contributed by atoms with Crippen molar-refractivity contribution < 1.29 is 58.3 Å². The Morgan fingerprint density at radius 2 is 1.86 bits per heavy atom. The average molecular weight is 936 g/mol. The number of aromatic amines is 1. The van der Waals surface area contributed by atoms with Crippen LogP contribution in [0, 0.1) is 11.3 Å². The van der Waals surface area contributed by atoms with Crippen LogP contribution in [0.15, 0.2) is 41.7 Å². The van der Waals surface area contributed by atoms with Crippen molar-refractivity contribution in [1.29, 1.82) is 0 Å². The standard InChI is InChI=1S/C41H56IN6O9S/c1-6-31-41(42-31,37(52)47-58(54,55)40(5)18-19-40)46-35(50)29-17-12-20-48(29)36(51)33(39(2,3)4)45-38(53)57-30-21-24(30)13-8-7-9-15-27-32(56-25-22-43-23-25)26-14-10-11-16-28(26)44-34(27)49/h6,10-11,14,16,24-25,29-31,33,43H,1,7-9,12-13,15,17-23H2,2-5H3,(H,44,49)(H,45,53)(H,46,50)(H,47,52)/q-1/t24-,29+,30?,31+,33-,41-/m1/s1.